The lowest BCUT2D eigenvalue weighted by Crippen LogP contribution is -2.64. The monoisotopic (exact) mass is 658 g/mol. The largest absolute Gasteiger partial charge is 0.341 e. The number of hydrogen-bond acceptors (Lipinski definition) is 10. The standard InChI is InChI=1S/C37H71N9O/c1-17-18-19-45(28-24-36(10,11)46(47-16)37(12,13)25-28)31-39-29(43(14)26-20-32(2,3)41-33(4,5)21-26)38-30(40-31)44(15)27-22-34(6,7)42-35(8,9)23-27/h26-28,41-42H,17-25H2,1-16H3. The minimum atomic E-state index is -0.142. The van der Waals surface area contributed by atoms with Crippen LogP contribution in [-0.4, -0.2) is 99.1 Å². The van der Waals surface area contributed by atoms with Crippen LogP contribution in [0, 0.1) is 0 Å². The van der Waals surface area contributed by atoms with Gasteiger partial charge in [0.2, 0.25) is 17.8 Å². The quantitative estimate of drug-likeness (QED) is 0.289. The maximum Gasteiger partial charge on any atom is 0.232 e. The van der Waals surface area contributed by atoms with E-state index in [2.05, 4.69) is 135 Å². The maximum absolute atomic E-state index is 5.99. The average molecular weight is 658 g/mol. The van der Waals surface area contributed by atoms with Gasteiger partial charge in [-0.05, 0) is 128 Å². The van der Waals surface area contributed by atoms with Gasteiger partial charge in [-0.1, -0.05) is 13.3 Å². The van der Waals surface area contributed by atoms with E-state index < -0.39 is 0 Å². The van der Waals surface area contributed by atoms with Gasteiger partial charge in [0.05, 0.1) is 7.11 Å². The average Bonchev–Trinajstić information content (AvgIpc) is 2.87. The molecule has 0 atom stereocenters. The van der Waals surface area contributed by atoms with Gasteiger partial charge in [0.1, 0.15) is 0 Å². The predicted octanol–water partition coefficient (Wildman–Crippen LogP) is 6.55. The lowest BCUT2D eigenvalue weighted by atomic mass is 9.78. The summed E-state index contributed by atoms with van der Waals surface area (Å²) >= 11 is 0. The van der Waals surface area contributed by atoms with Crippen LogP contribution in [-0.2, 0) is 4.84 Å². The molecular weight excluding hydrogens is 586 g/mol. The number of rotatable bonds is 10. The third-order valence-electron chi connectivity index (χ3n) is 10.9. The number of nitrogens with one attached hydrogen (secondary N) is 2. The normalized spacial score (nSPS) is 25.8. The highest BCUT2D eigenvalue weighted by Gasteiger charge is 2.48. The molecule has 4 heterocycles. The Morgan fingerprint density at radius 3 is 1.32 bits per heavy atom. The Balaban J connectivity index is 1.82. The van der Waals surface area contributed by atoms with Gasteiger partial charge in [0.15, 0.2) is 0 Å². The summed E-state index contributed by atoms with van der Waals surface area (Å²) in [5.74, 6) is 2.36. The molecule has 0 saturated carbocycles. The minimum absolute atomic E-state index is 0.0159. The van der Waals surface area contributed by atoms with E-state index in [1.807, 2.05) is 7.11 Å². The molecule has 1 aromatic rings. The van der Waals surface area contributed by atoms with Crippen LogP contribution in [0.5, 0.6) is 0 Å². The van der Waals surface area contributed by atoms with Gasteiger partial charge in [-0.2, -0.15) is 20.0 Å². The zero-order chi connectivity index (χ0) is 35.4. The molecule has 10 heteroatoms. The van der Waals surface area contributed by atoms with Crippen molar-refractivity contribution in [1.29, 1.82) is 0 Å². The summed E-state index contributed by atoms with van der Waals surface area (Å²) in [5, 5.41) is 9.91. The molecule has 3 aliphatic heterocycles. The fourth-order valence-corrected chi connectivity index (χ4v) is 9.90. The lowest BCUT2D eigenvalue weighted by Gasteiger charge is -2.55. The van der Waals surface area contributed by atoms with Gasteiger partial charge >= 0.3 is 0 Å². The number of piperidine rings is 3. The Labute approximate surface area is 288 Å². The van der Waals surface area contributed by atoms with Crippen molar-refractivity contribution in [2.75, 3.05) is 42.4 Å². The molecule has 0 unspecified atom stereocenters. The number of unbranched alkanes of at least 4 members (excludes halogenated alkanes) is 1. The Bertz CT molecular complexity index is 1110. The first-order valence-corrected chi connectivity index (χ1v) is 18.3. The summed E-state index contributed by atoms with van der Waals surface area (Å²) in [6, 6.07) is 0.877. The van der Waals surface area contributed by atoms with Crippen molar-refractivity contribution in [3.8, 4) is 0 Å². The molecule has 0 spiro atoms. The Hall–Kier alpha value is -1.75. The van der Waals surface area contributed by atoms with Crippen LogP contribution in [0.3, 0.4) is 0 Å². The summed E-state index contributed by atoms with van der Waals surface area (Å²) in [6.45, 7) is 30.9. The summed E-state index contributed by atoms with van der Waals surface area (Å²) in [5.41, 5.74) is -0.221. The molecule has 3 fully saturated rings. The van der Waals surface area contributed by atoms with E-state index in [4.69, 9.17) is 19.8 Å². The van der Waals surface area contributed by atoms with Crippen molar-refractivity contribution in [1.82, 2.24) is 30.6 Å². The molecular formula is C37H71N9O. The molecule has 270 valence electrons. The van der Waals surface area contributed by atoms with Gasteiger partial charge in [-0.25, -0.2) is 0 Å². The van der Waals surface area contributed by atoms with Crippen molar-refractivity contribution >= 4 is 17.8 Å². The van der Waals surface area contributed by atoms with Crippen molar-refractivity contribution in [3.63, 3.8) is 0 Å². The summed E-state index contributed by atoms with van der Waals surface area (Å²) in [7, 11) is 6.20. The second kappa shape index (κ2) is 13.2. The van der Waals surface area contributed by atoms with Crippen LogP contribution in [0.25, 0.3) is 0 Å². The van der Waals surface area contributed by atoms with E-state index in [0.717, 1.165) is 75.8 Å². The predicted molar refractivity (Wildman–Crippen MR) is 198 cm³/mol. The number of hydroxylamine groups is 2. The highest BCUT2D eigenvalue weighted by molar-refractivity contribution is 5.48. The van der Waals surface area contributed by atoms with Crippen molar-refractivity contribution in [2.24, 2.45) is 0 Å². The zero-order valence-electron chi connectivity index (χ0n) is 33.1. The third kappa shape index (κ3) is 8.89. The molecule has 1 aromatic heterocycles. The summed E-state index contributed by atoms with van der Waals surface area (Å²) in [4.78, 5) is 29.3. The Morgan fingerprint density at radius 2 is 0.979 bits per heavy atom. The van der Waals surface area contributed by atoms with Crippen molar-refractivity contribution in [2.45, 2.75) is 193 Å². The van der Waals surface area contributed by atoms with E-state index >= 15 is 0 Å². The minimum Gasteiger partial charge on any atom is -0.341 e. The van der Waals surface area contributed by atoms with E-state index in [1.165, 1.54) is 0 Å². The van der Waals surface area contributed by atoms with E-state index in [9.17, 15) is 0 Å². The first-order valence-electron chi connectivity index (χ1n) is 18.3. The van der Waals surface area contributed by atoms with Gasteiger partial charge in [-0.3, -0.25) is 0 Å². The summed E-state index contributed by atoms with van der Waals surface area (Å²) < 4.78 is 0. The lowest BCUT2D eigenvalue weighted by molar-refractivity contribution is -0.266. The Kier molecular flexibility index (Phi) is 10.7. The molecule has 3 saturated heterocycles. The van der Waals surface area contributed by atoms with Gasteiger partial charge in [0.25, 0.3) is 0 Å². The fraction of sp³-hybridized carbons (Fsp3) is 0.919. The molecule has 0 radical (unpaired) electrons. The number of aromatic nitrogens is 3. The third-order valence-corrected chi connectivity index (χ3v) is 10.9. The number of nitrogens with zero attached hydrogens (tertiary/aromatic N) is 7. The zero-order valence-corrected chi connectivity index (χ0v) is 33.1. The molecule has 0 aromatic carbocycles. The molecule has 0 bridgehead atoms. The van der Waals surface area contributed by atoms with Crippen LogP contribution in [0.1, 0.15) is 141 Å². The van der Waals surface area contributed by atoms with Crippen LogP contribution in [0.4, 0.5) is 17.8 Å². The van der Waals surface area contributed by atoms with Crippen LogP contribution in [0.15, 0.2) is 0 Å². The molecule has 0 aliphatic carbocycles. The van der Waals surface area contributed by atoms with Gasteiger partial charge < -0.3 is 30.2 Å². The first-order chi connectivity index (χ1) is 21.4. The molecule has 10 nitrogen and oxygen atoms in total. The van der Waals surface area contributed by atoms with E-state index in [1.54, 1.807) is 0 Å². The molecule has 3 aliphatic rings. The topological polar surface area (TPSA) is 84.9 Å². The van der Waals surface area contributed by atoms with E-state index in [-0.39, 0.29) is 39.3 Å². The SMILES string of the molecule is CCCCN(c1nc(N(C)C2CC(C)(C)NC(C)(C)C2)nc(N(C)C2CC(C)(C)NC(C)(C)C2)n1)C1CC(C)(C)N(OC)C(C)(C)C1. The van der Waals surface area contributed by atoms with E-state index in [0.29, 0.717) is 12.1 Å². The number of hydrogen-bond donors (Lipinski definition) is 2. The van der Waals surface area contributed by atoms with Crippen LogP contribution < -0.4 is 25.3 Å². The Morgan fingerprint density at radius 1 is 0.617 bits per heavy atom. The van der Waals surface area contributed by atoms with Crippen molar-refractivity contribution < 1.29 is 4.84 Å². The molecule has 2 N–H and O–H groups in total. The van der Waals surface area contributed by atoms with Gasteiger partial charge in [-0.15, -0.1) is 0 Å². The van der Waals surface area contributed by atoms with Crippen LogP contribution in [0.2, 0.25) is 0 Å². The molecule has 4 rings (SSSR count). The second-order valence-electron chi connectivity index (χ2n) is 19.1. The highest BCUT2D eigenvalue weighted by atomic mass is 16.7. The summed E-state index contributed by atoms with van der Waals surface area (Å²) in [6.07, 6.45) is 8.21. The van der Waals surface area contributed by atoms with Crippen LogP contribution >= 0.6 is 0 Å². The molecule has 0 amide bonds. The second-order valence-corrected chi connectivity index (χ2v) is 19.1. The maximum atomic E-state index is 5.99. The van der Waals surface area contributed by atoms with Crippen molar-refractivity contribution in [3.05, 3.63) is 0 Å². The first kappa shape index (κ1) is 38.1. The van der Waals surface area contributed by atoms with Gasteiger partial charge in [0, 0.05) is 72.0 Å². The smallest absolute Gasteiger partial charge is 0.232 e. The fourth-order valence-electron chi connectivity index (χ4n) is 9.90. The highest BCUT2D eigenvalue weighted by Crippen LogP contribution is 2.42. The number of anilines is 3. The molecule has 47 heavy (non-hydrogen) atoms.